The second-order valence-corrected chi connectivity index (χ2v) is 8.89. The number of anilines is 1. The van der Waals surface area contributed by atoms with Crippen LogP contribution in [0.4, 0.5) is 10.2 Å². The summed E-state index contributed by atoms with van der Waals surface area (Å²) in [4.78, 5) is 13.5. The maximum Gasteiger partial charge on any atom is 0.251 e. The number of hydrogen-bond donors (Lipinski definition) is 0. The van der Waals surface area contributed by atoms with Crippen LogP contribution in [0.15, 0.2) is 59.7 Å². The minimum Gasteiger partial charge on any atom is -0.490 e. The quantitative estimate of drug-likeness (QED) is 0.209. The molecule has 1 aliphatic heterocycles. The van der Waals surface area contributed by atoms with Crippen molar-refractivity contribution >= 4 is 17.5 Å². The van der Waals surface area contributed by atoms with Gasteiger partial charge in [0.2, 0.25) is 5.88 Å². The summed E-state index contributed by atoms with van der Waals surface area (Å²) in [5.41, 5.74) is 2.68. The fourth-order valence-electron chi connectivity index (χ4n) is 4.31. The van der Waals surface area contributed by atoms with Crippen LogP contribution in [-0.4, -0.2) is 85.9 Å². The van der Waals surface area contributed by atoms with Crippen molar-refractivity contribution in [2.45, 2.75) is 6.92 Å². The van der Waals surface area contributed by atoms with E-state index in [1.54, 1.807) is 38.9 Å². The Kier molecular flexibility index (Phi) is 9.25. The van der Waals surface area contributed by atoms with Crippen LogP contribution in [0.3, 0.4) is 0 Å². The summed E-state index contributed by atoms with van der Waals surface area (Å²) in [6.45, 7) is 10.6. The lowest BCUT2D eigenvalue weighted by Crippen LogP contribution is -2.47. The van der Waals surface area contributed by atoms with Gasteiger partial charge in [0, 0.05) is 63.4 Å². The molecule has 11 heteroatoms. The molecule has 4 rings (SSSR count). The van der Waals surface area contributed by atoms with Gasteiger partial charge < -0.3 is 19.1 Å². The van der Waals surface area contributed by atoms with Crippen LogP contribution in [0.25, 0.3) is 16.6 Å². The summed E-state index contributed by atoms with van der Waals surface area (Å²) in [7, 11) is 3.13. The number of nitrogens with zero attached hydrogens (tertiary/aromatic N) is 7. The molecule has 0 amide bonds. The van der Waals surface area contributed by atoms with Gasteiger partial charge in [0.1, 0.15) is 29.8 Å². The highest BCUT2D eigenvalue weighted by Crippen LogP contribution is 2.32. The molecule has 0 aliphatic carbocycles. The van der Waals surface area contributed by atoms with Crippen molar-refractivity contribution in [1.29, 1.82) is 5.26 Å². The molecule has 0 atom stereocenters. The van der Waals surface area contributed by atoms with Crippen molar-refractivity contribution < 1.29 is 18.6 Å². The lowest BCUT2D eigenvalue weighted by Gasteiger charge is -2.35. The van der Waals surface area contributed by atoms with Gasteiger partial charge in [0.25, 0.3) is 5.95 Å². The van der Waals surface area contributed by atoms with E-state index in [-0.39, 0.29) is 5.56 Å². The monoisotopic (exact) mass is 533 g/mol. The average molecular weight is 534 g/mol. The summed E-state index contributed by atoms with van der Waals surface area (Å²) in [5, 5.41) is 13.4. The van der Waals surface area contributed by atoms with Crippen LogP contribution in [0, 0.1) is 17.3 Å². The topological polar surface area (TPSA) is 101 Å². The van der Waals surface area contributed by atoms with Crippen molar-refractivity contribution in [3.63, 3.8) is 0 Å². The molecule has 0 bridgehead atoms. The van der Waals surface area contributed by atoms with Crippen LogP contribution >= 0.6 is 0 Å². The Balaban J connectivity index is 1.48. The molecular weight excluding hydrogens is 501 g/mol. The number of ether oxygens (including phenoxy) is 3. The molecule has 0 N–H and O–H groups in total. The van der Waals surface area contributed by atoms with Gasteiger partial charge >= 0.3 is 0 Å². The Morgan fingerprint density at radius 1 is 1.23 bits per heavy atom. The summed E-state index contributed by atoms with van der Waals surface area (Å²) < 4.78 is 31.6. The predicted octanol–water partition coefficient (Wildman–Crippen LogP) is 3.69. The number of pyridine rings is 2. The number of nitriles is 1. The number of halogens is 1. The molecule has 3 aromatic heterocycles. The number of piperazine rings is 1. The number of aliphatic imine (C=N–C) groups is 1. The molecule has 39 heavy (non-hydrogen) atoms. The lowest BCUT2D eigenvalue weighted by atomic mass is 10.0. The fraction of sp³-hybridized carbons (Fsp3) is 0.357. The van der Waals surface area contributed by atoms with E-state index in [1.165, 1.54) is 4.52 Å². The number of hydrogen-bond acceptors (Lipinski definition) is 9. The van der Waals surface area contributed by atoms with Crippen molar-refractivity contribution in [3.05, 3.63) is 66.2 Å². The Labute approximate surface area is 227 Å². The van der Waals surface area contributed by atoms with E-state index in [9.17, 15) is 9.65 Å². The summed E-state index contributed by atoms with van der Waals surface area (Å²) in [6, 6.07) is 7.56. The van der Waals surface area contributed by atoms with E-state index < -0.39 is 5.95 Å². The lowest BCUT2D eigenvalue weighted by molar-refractivity contribution is 0.146. The maximum absolute atomic E-state index is 14.4. The van der Waals surface area contributed by atoms with Gasteiger partial charge in [-0.3, -0.25) is 4.90 Å². The first-order chi connectivity index (χ1) is 19.0. The average Bonchev–Trinajstić information content (AvgIpc) is 3.29. The van der Waals surface area contributed by atoms with E-state index in [2.05, 4.69) is 26.5 Å². The summed E-state index contributed by atoms with van der Waals surface area (Å²) in [6.07, 6.45) is 7.12. The molecule has 0 unspecified atom stereocenters. The van der Waals surface area contributed by atoms with Crippen LogP contribution in [0.5, 0.6) is 5.75 Å². The highest BCUT2D eigenvalue weighted by molar-refractivity contribution is 5.85. The minimum absolute atomic E-state index is 0.120. The van der Waals surface area contributed by atoms with Crippen LogP contribution in [-0.2, 0) is 9.47 Å². The van der Waals surface area contributed by atoms with Crippen LogP contribution in [0.2, 0.25) is 0 Å². The Morgan fingerprint density at radius 2 is 2.03 bits per heavy atom. The second-order valence-electron chi connectivity index (χ2n) is 8.89. The van der Waals surface area contributed by atoms with Gasteiger partial charge in [-0.2, -0.15) is 9.65 Å². The molecule has 0 aromatic carbocycles. The number of methoxy groups -OCH3 is 2. The van der Waals surface area contributed by atoms with Gasteiger partial charge in [-0.25, -0.2) is 14.5 Å². The number of rotatable bonds is 11. The molecule has 3 aromatic rings. The predicted molar refractivity (Wildman–Crippen MR) is 148 cm³/mol. The van der Waals surface area contributed by atoms with E-state index in [1.807, 2.05) is 31.2 Å². The molecule has 1 aliphatic rings. The highest BCUT2D eigenvalue weighted by atomic mass is 19.1. The largest absolute Gasteiger partial charge is 0.490 e. The van der Waals surface area contributed by atoms with Gasteiger partial charge in [-0.05, 0) is 37.3 Å². The molecule has 0 saturated carbocycles. The zero-order chi connectivity index (χ0) is 27.8. The maximum atomic E-state index is 14.4. The Bertz CT molecular complexity index is 1400. The summed E-state index contributed by atoms with van der Waals surface area (Å²) in [5.74, 6) is 0.887. The molecule has 0 spiro atoms. The van der Waals surface area contributed by atoms with E-state index in [0.29, 0.717) is 35.9 Å². The van der Waals surface area contributed by atoms with E-state index >= 15 is 0 Å². The Hall–Kier alpha value is -4.27. The number of allylic oxidation sites excluding steroid dienone is 1. The normalized spacial score (nSPS) is 14.6. The standard InChI is InChI=1S/C28H32FN7O3/c1-5-21(16-31-20(2)38-4)18-34-8-10-35(11-9-34)26-7-6-22(17-32-26)24-14-23(39-13-12-37-3)19-36-27(24)25(15-30)28(29)33-36/h5-7,14,16-17,19H,2,8-13,18H2,1,3-4H3/b21-5+,31-16-. The molecular formula is C28H32FN7O3. The third-order valence-electron chi connectivity index (χ3n) is 6.47. The first-order valence-electron chi connectivity index (χ1n) is 12.6. The fourth-order valence-corrected chi connectivity index (χ4v) is 4.31. The van der Waals surface area contributed by atoms with Gasteiger partial charge in [-0.15, -0.1) is 5.10 Å². The molecule has 0 radical (unpaired) electrons. The zero-order valence-electron chi connectivity index (χ0n) is 22.4. The van der Waals surface area contributed by atoms with Crippen molar-refractivity contribution in [3.8, 4) is 22.9 Å². The van der Waals surface area contributed by atoms with Gasteiger partial charge in [0.15, 0.2) is 0 Å². The van der Waals surface area contributed by atoms with Gasteiger partial charge in [-0.1, -0.05) is 6.08 Å². The summed E-state index contributed by atoms with van der Waals surface area (Å²) >= 11 is 0. The third-order valence-corrected chi connectivity index (χ3v) is 6.47. The van der Waals surface area contributed by atoms with E-state index in [4.69, 9.17) is 19.2 Å². The van der Waals surface area contributed by atoms with E-state index in [0.717, 1.165) is 49.7 Å². The first-order valence-corrected chi connectivity index (χ1v) is 12.6. The first kappa shape index (κ1) is 27.8. The van der Waals surface area contributed by atoms with Crippen molar-refractivity contribution in [1.82, 2.24) is 19.5 Å². The minimum atomic E-state index is -0.828. The molecule has 4 heterocycles. The molecule has 10 nitrogen and oxygen atoms in total. The molecule has 1 saturated heterocycles. The SMILES string of the molecule is C=C(/N=C\C(=C/C)CN1CCN(c2ccc(-c3cc(OCCOC)cn4nc(F)c(C#N)c34)cn2)CC1)OC. The molecule has 1 fully saturated rings. The van der Waals surface area contributed by atoms with Crippen LogP contribution < -0.4 is 9.64 Å². The second kappa shape index (κ2) is 13.0. The highest BCUT2D eigenvalue weighted by Gasteiger charge is 2.21. The van der Waals surface area contributed by atoms with Crippen LogP contribution in [0.1, 0.15) is 12.5 Å². The van der Waals surface area contributed by atoms with Crippen molar-refractivity contribution in [2.24, 2.45) is 4.99 Å². The third kappa shape index (κ3) is 6.60. The number of fused-ring (bicyclic) bond motifs is 1. The smallest absolute Gasteiger partial charge is 0.251 e. The zero-order valence-corrected chi connectivity index (χ0v) is 22.4. The van der Waals surface area contributed by atoms with Gasteiger partial charge in [0.05, 0.1) is 25.4 Å². The number of aromatic nitrogens is 3. The Morgan fingerprint density at radius 3 is 2.67 bits per heavy atom. The van der Waals surface area contributed by atoms with Crippen molar-refractivity contribution in [2.75, 3.05) is 65.1 Å². The molecule has 204 valence electrons.